The van der Waals surface area contributed by atoms with E-state index in [0.717, 1.165) is 59.4 Å². The number of hydrogen-bond donors (Lipinski definition) is 3. The lowest BCUT2D eigenvalue weighted by atomic mass is 9.64. The monoisotopic (exact) mass is 926 g/mol. The third-order valence-corrected chi connectivity index (χ3v) is 15.7. The zero-order chi connectivity index (χ0) is 46.1. The van der Waals surface area contributed by atoms with Crippen molar-refractivity contribution >= 4 is 43.0 Å². The quantitative estimate of drug-likeness (QED) is 0.121. The summed E-state index contributed by atoms with van der Waals surface area (Å²) in [5, 5.41) is 0. The molecule has 10 rings (SSSR count). The van der Waals surface area contributed by atoms with Crippen molar-refractivity contribution < 1.29 is 48.7 Å². The standard InChI is InChI=1S/C24H20F2N2O4S.C23H18F2N2O4S/c1-32-23-6-3-14(13-27-23)17-10-16(11-19-18(17)12-22(29)24(19)7-2-8-24)28-33(30,31)21-5-4-15(25)9-20(21)26;24-14-3-4-20(19(25)8-14)32(30,31)27-15-9-16(13-2-5-22(29)26-12-13)17-11-21(28)23(6-1-7-23)18(17)10-15/h3-6,9-11,13,28H,2,7-8,12H2,1H3;2-5,8-10,12,27H,1,6-7,11H2,(H,26,29). The summed E-state index contributed by atoms with van der Waals surface area (Å²) in [7, 11) is -7.19. The second-order valence-electron chi connectivity index (χ2n) is 16.6. The van der Waals surface area contributed by atoms with Crippen LogP contribution in [0.4, 0.5) is 28.9 Å². The number of hydrogen-bond acceptors (Lipinski definition) is 9. The molecule has 0 unspecified atom stereocenters. The van der Waals surface area contributed by atoms with Crippen LogP contribution < -0.4 is 19.7 Å². The number of carbonyl (C=O) groups is 2. The molecule has 4 aliphatic carbocycles. The van der Waals surface area contributed by atoms with E-state index < -0.39 is 63.9 Å². The van der Waals surface area contributed by atoms with Crippen LogP contribution in [0.15, 0.2) is 112 Å². The maximum atomic E-state index is 14.2. The molecule has 0 amide bonds. The van der Waals surface area contributed by atoms with Crippen LogP contribution in [-0.4, -0.2) is 45.5 Å². The number of ketones is 2. The number of H-pyrrole nitrogens is 1. The number of Topliss-reactive ketones (excluding diaryl/α,β-unsaturated/α-hetero) is 2. The summed E-state index contributed by atoms with van der Waals surface area (Å²) in [6, 6.07) is 17.4. The Hall–Kier alpha value is -6.66. The van der Waals surface area contributed by atoms with Gasteiger partial charge < -0.3 is 9.72 Å². The van der Waals surface area contributed by atoms with Gasteiger partial charge in [0.2, 0.25) is 11.4 Å². The van der Waals surface area contributed by atoms with Gasteiger partial charge in [-0.2, -0.15) is 0 Å². The summed E-state index contributed by atoms with van der Waals surface area (Å²) in [5.74, 6) is -3.51. The summed E-state index contributed by atoms with van der Waals surface area (Å²) < 4.78 is 116. The molecule has 3 N–H and O–H groups in total. The minimum Gasteiger partial charge on any atom is -0.481 e. The molecule has 0 aliphatic heterocycles. The molecule has 0 bridgehead atoms. The first kappa shape index (κ1) is 43.6. The highest BCUT2D eigenvalue weighted by Gasteiger charge is 2.52. The average Bonchev–Trinajstić information content (AvgIpc) is 3.70. The number of benzene rings is 4. The summed E-state index contributed by atoms with van der Waals surface area (Å²) in [6.45, 7) is 0. The van der Waals surface area contributed by atoms with E-state index in [1.807, 2.05) is 0 Å². The molecule has 0 atom stereocenters. The lowest BCUT2D eigenvalue weighted by Crippen LogP contribution is -2.39. The summed E-state index contributed by atoms with van der Waals surface area (Å²) in [4.78, 5) is 42.8. The van der Waals surface area contributed by atoms with Crippen LogP contribution in [0.2, 0.25) is 0 Å². The van der Waals surface area contributed by atoms with E-state index in [9.17, 15) is 48.8 Å². The molecule has 2 fully saturated rings. The van der Waals surface area contributed by atoms with Gasteiger partial charge >= 0.3 is 0 Å². The lowest BCUT2D eigenvalue weighted by Gasteiger charge is -2.38. The fourth-order valence-corrected chi connectivity index (χ4v) is 11.6. The Labute approximate surface area is 370 Å². The maximum Gasteiger partial charge on any atom is 0.264 e. The molecule has 2 spiro atoms. The van der Waals surface area contributed by atoms with Crippen LogP contribution in [0.25, 0.3) is 22.3 Å². The molecular formula is C47H38F4N4O8S2. The smallest absolute Gasteiger partial charge is 0.264 e. The zero-order valence-corrected chi connectivity index (χ0v) is 36.1. The molecule has 6 aromatic rings. The first-order valence-electron chi connectivity index (χ1n) is 20.5. The Kier molecular flexibility index (Phi) is 10.8. The number of pyridine rings is 2. The number of ether oxygens (including phenoxy) is 1. The minimum atomic E-state index is -4.36. The average molecular weight is 927 g/mol. The molecule has 0 saturated heterocycles. The normalized spacial score (nSPS) is 16.5. The number of aromatic amines is 1. The predicted molar refractivity (Wildman–Crippen MR) is 232 cm³/mol. The number of aromatic nitrogens is 2. The molecule has 334 valence electrons. The second-order valence-corrected chi connectivity index (χ2v) is 19.9. The highest BCUT2D eigenvalue weighted by atomic mass is 32.2. The Bertz CT molecular complexity index is 3240. The van der Waals surface area contributed by atoms with E-state index in [4.69, 9.17) is 4.74 Å². The number of fused-ring (bicyclic) bond motifs is 4. The van der Waals surface area contributed by atoms with Crippen LogP contribution in [0.5, 0.6) is 5.88 Å². The zero-order valence-electron chi connectivity index (χ0n) is 34.4. The summed E-state index contributed by atoms with van der Waals surface area (Å²) in [5.41, 5.74) is 4.66. The van der Waals surface area contributed by atoms with Gasteiger partial charge in [-0.3, -0.25) is 23.8 Å². The summed E-state index contributed by atoms with van der Waals surface area (Å²) >= 11 is 0. The SMILES string of the molecule is COc1ccc(-c2cc(NS(=O)(=O)c3ccc(F)cc3F)cc3c2CC(=O)C32CCC2)cn1.O=C1Cc2c(-c3ccc(=O)[nH]c3)cc(NS(=O)(=O)c3ccc(F)cc3F)cc2C12CCC2. The summed E-state index contributed by atoms with van der Waals surface area (Å²) in [6.07, 6.45) is 8.20. The van der Waals surface area contributed by atoms with Crippen LogP contribution in [0.1, 0.15) is 60.8 Å². The van der Waals surface area contributed by atoms with Crippen LogP contribution in [-0.2, 0) is 53.3 Å². The number of carbonyl (C=O) groups excluding carboxylic acids is 2. The van der Waals surface area contributed by atoms with Gasteiger partial charge in [-0.15, -0.1) is 0 Å². The van der Waals surface area contributed by atoms with E-state index in [1.54, 1.807) is 48.7 Å². The van der Waals surface area contributed by atoms with E-state index in [2.05, 4.69) is 19.4 Å². The fourth-order valence-electron chi connectivity index (χ4n) is 9.37. The molecular weight excluding hydrogens is 889 g/mol. The van der Waals surface area contributed by atoms with Crippen LogP contribution in [0, 0.1) is 23.3 Å². The number of sulfonamides is 2. The minimum absolute atomic E-state index is 0.0917. The van der Waals surface area contributed by atoms with Crippen LogP contribution in [0.3, 0.4) is 0 Å². The van der Waals surface area contributed by atoms with Crippen molar-refractivity contribution in [1.82, 2.24) is 9.97 Å². The Morgan fingerprint density at radius 2 is 1.09 bits per heavy atom. The van der Waals surface area contributed by atoms with Crippen molar-refractivity contribution in [2.75, 3.05) is 16.6 Å². The molecule has 4 aliphatic rings. The highest BCUT2D eigenvalue weighted by molar-refractivity contribution is 7.93. The third kappa shape index (κ3) is 7.67. The molecule has 12 nitrogen and oxygen atoms in total. The van der Waals surface area contributed by atoms with Gasteiger partial charge in [-0.25, -0.2) is 39.4 Å². The molecule has 4 aromatic carbocycles. The molecule has 0 radical (unpaired) electrons. The third-order valence-electron chi connectivity index (χ3n) is 12.9. The van der Waals surface area contributed by atoms with Crippen molar-refractivity contribution in [2.24, 2.45) is 0 Å². The first-order valence-corrected chi connectivity index (χ1v) is 23.5. The van der Waals surface area contributed by atoms with Gasteiger partial charge in [0.1, 0.15) is 44.6 Å². The number of rotatable bonds is 9. The van der Waals surface area contributed by atoms with E-state index >= 15 is 0 Å². The highest BCUT2D eigenvalue weighted by Crippen LogP contribution is 2.54. The van der Waals surface area contributed by atoms with Crippen molar-refractivity contribution in [3.63, 3.8) is 0 Å². The number of anilines is 2. The van der Waals surface area contributed by atoms with Crippen molar-refractivity contribution in [1.29, 1.82) is 0 Å². The van der Waals surface area contributed by atoms with E-state index in [-0.39, 0.29) is 41.3 Å². The fraction of sp³-hybridized carbons (Fsp3) is 0.234. The number of methoxy groups -OCH3 is 1. The Morgan fingerprint density at radius 3 is 1.48 bits per heavy atom. The maximum absolute atomic E-state index is 14.2. The predicted octanol–water partition coefficient (Wildman–Crippen LogP) is 8.05. The van der Waals surface area contributed by atoms with Gasteiger partial charge in [0, 0.05) is 66.4 Å². The Morgan fingerprint density at radius 1 is 0.615 bits per heavy atom. The van der Waals surface area contributed by atoms with E-state index in [0.29, 0.717) is 65.9 Å². The van der Waals surface area contributed by atoms with Gasteiger partial charge in [0.05, 0.1) is 17.9 Å². The van der Waals surface area contributed by atoms with Crippen LogP contribution >= 0.6 is 0 Å². The molecule has 65 heavy (non-hydrogen) atoms. The number of nitrogens with zero attached hydrogens (tertiary/aromatic N) is 1. The van der Waals surface area contributed by atoms with Gasteiger partial charge in [-0.05, 0) is 125 Å². The first-order chi connectivity index (χ1) is 30.9. The second kappa shape index (κ2) is 16.1. The molecule has 2 heterocycles. The van der Waals surface area contributed by atoms with Crippen molar-refractivity contribution in [2.45, 2.75) is 72.0 Å². The topological polar surface area (TPSA) is 181 Å². The number of halogens is 4. The Balaban J connectivity index is 0.000000164. The van der Waals surface area contributed by atoms with Gasteiger partial charge in [0.25, 0.3) is 20.0 Å². The van der Waals surface area contributed by atoms with E-state index in [1.165, 1.54) is 19.4 Å². The lowest BCUT2D eigenvalue weighted by molar-refractivity contribution is -0.126. The van der Waals surface area contributed by atoms with Crippen molar-refractivity contribution in [3.8, 4) is 28.1 Å². The molecule has 2 saturated carbocycles. The number of nitrogens with one attached hydrogen (secondary N) is 3. The molecule has 18 heteroatoms. The van der Waals surface area contributed by atoms with Crippen molar-refractivity contribution in [3.05, 3.63) is 153 Å². The largest absolute Gasteiger partial charge is 0.481 e. The molecule has 2 aromatic heterocycles. The van der Waals surface area contributed by atoms with Gasteiger partial charge in [-0.1, -0.05) is 12.8 Å². The van der Waals surface area contributed by atoms with Gasteiger partial charge in [0.15, 0.2) is 0 Å².